The summed E-state index contributed by atoms with van der Waals surface area (Å²) in [6, 6.07) is 6.70. The fourth-order valence-corrected chi connectivity index (χ4v) is 3.86. The molecule has 0 amide bonds. The summed E-state index contributed by atoms with van der Waals surface area (Å²) in [5.41, 5.74) is 8.08. The number of hydrogen-bond donors (Lipinski definition) is 0. The van der Waals surface area contributed by atoms with Gasteiger partial charge in [0.05, 0.1) is 29.4 Å². The molecule has 3 rings (SSSR count). The Labute approximate surface area is 185 Å². The molecule has 3 heterocycles. The minimum Gasteiger partial charge on any atom is -0.383 e. The van der Waals surface area contributed by atoms with Crippen LogP contribution >= 0.6 is 0 Å². The molecule has 0 aromatic carbocycles. The van der Waals surface area contributed by atoms with Gasteiger partial charge in [-0.3, -0.25) is 0 Å². The molecule has 164 valence electrons. The van der Waals surface area contributed by atoms with E-state index in [-0.39, 0.29) is 6.04 Å². The Morgan fingerprint density at radius 2 is 1.84 bits per heavy atom. The van der Waals surface area contributed by atoms with Gasteiger partial charge in [0.25, 0.3) is 0 Å². The summed E-state index contributed by atoms with van der Waals surface area (Å²) in [6.07, 6.45) is 3.19. The van der Waals surface area contributed by atoms with Crippen LogP contribution < -0.4 is 0 Å². The van der Waals surface area contributed by atoms with Gasteiger partial charge < -0.3 is 14.0 Å². The van der Waals surface area contributed by atoms with E-state index in [2.05, 4.69) is 75.4 Å². The molecule has 3 aromatic rings. The molecular weight excluding hydrogens is 386 g/mol. The third kappa shape index (κ3) is 4.81. The fraction of sp³-hybridized carbons (Fsp3) is 0.462. The molecule has 0 aliphatic rings. The molecule has 0 saturated heterocycles. The first-order chi connectivity index (χ1) is 14.9. The lowest BCUT2D eigenvalue weighted by Gasteiger charge is -2.18. The molecule has 3 aromatic heterocycles. The van der Waals surface area contributed by atoms with E-state index in [1.165, 1.54) is 0 Å². The summed E-state index contributed by atoms with van der Waals surface area (Å²) in [7, 11) is 3.40. The Bertz CT molecular complexity index is 1120. The summed E-state index contributed by atoms with van der Waals surface area (Å²) < 4.78 is 12.9. The van der Waals surface area contributed by atoms with Gasteiger partial charge in [-0.25, -0.2) is 9.97 Å². The summed E-state index contributed by atoms with van der Waals surface area (Å²) in [6.45, 7) is 11.7. The van der Waals surface area contributed by atoms with Gasteiger partial charge in [-0.2, -0.15) is 0 Å². The van der Waals surface area contributed by atoms with Crippen molar-refractivity contribution in [2.24, 2.45) is 0 Å². The summed E-state index contributed by atoms with van der Waals surface area (Å²) >= 11 is 0. The van der Waals surface area contributed by atoms with Crippen LogP contribution in [0.4, 0.5) is 0 Å². The first kappa shape index (κ1) is 23.0. The number of aromatic nitrogens is 3. The van der Waals surface area contributed by atoms with Crippen molar-refractivity contribution in [2.45, 2.75) is 53.0 Å². The van der Waals surface area contributed by atoms with Gasteiger partial charge in [0.1, 0.15) is 12.3 Å². The van der Waals surface area contributed by atoms with Crippen LogP contribution in [-0.4, -0.2) is 42.0 Å². The van der Waals surface area contributed by atoms with E-state index < -0.39 is 0 Å². The Kier molecular flexibility index (Phi) is 7.48. The van der Waals surface area contributed by atoms with Crippen molar-refractivity contribution in [1.29, 1.82) is 0 Å². The Balaban J connectivity index is 2.19. The predicted molar refractivity (Wildman–Crippen MR) is 126 cm³/mol. The Hall–Kier alpha value is -2.68. The van der Waals surface area contributed by atoms with Crippen molar-refractivity contribution >= 4 is 11.0 Å². The quantitative estimate of drug-likeness (QED) is 0.479. The highest BCUT2D eigenvalue weighted by Crippen LogP contribution is 2.32. The highest BCUT2D eigenvalue weighted by molar-refractivity contribution is 5.85. The first-order valence-corrected chi connectivity index (χ1v) is 10.9. The van der Waals surface area contributed by atoms with Crippen molar-refractivity contribution in [3.63, 3.8) is 0 Å². The minimum atomic E-state index is 0.288. The maximum Gasteiger partial charge on any atom is 0.122 e. The zero-order valence-corrected chi connectivity index (χ0v) is 19.7. The van der Waals surface area contributed by atoms with Gasteiger partial charge in [-0.15, -0.1) is 0 Å². The number of nitrogens with zero attached hydrogens (tertiary/aromatic N) is 3. The molecule has 5 nitrogen and oxygen atoms in total. The molecule has 0 N–H and O–H groups in total. The second kappa shape index (κ2) is 10.1. The van der Waals surface area contributed by atoms with Crippen LogP contribution in [0.2, 0.25) is 0 Å². The normalized spacial score (nSPS) is 12.3. The van der Waals surface area contributed by atoms with E-state index in [0.29, 0.717) is 19.1 Å². The molecule has 31 heavy (non-hydrogen) atoms. The number of methoxy groups -OCH3 is 2. The number of rotatable bonds is 7. The second-order valence-corrected chi connectivity index (χ2v) is 8.28. The van der Waals surface area contributed by atoms with Crippen molar-refractivity contribution in [3.05, 3.63) is 46.9 Å². The smallest absolute Gasteiger partial charge is 0.122 e. The van der Waals surface area contributed by atoms with Crippen molar-refractivity contribution in [1.82, 2.24) is 14.5 Å². The predicted octanol–water partition coefficient (Wildman–Crippen LogP) is 5.43. The average molecular weight is 420 g/mol. The third-order valence-corrected chi connectivity index (χ3v) is 5.59. The Morgan fingerprint density at radius 1 is 1.06 bits per heavy atom. The van der Waals surface area contributed by atoms with Crippen molar-refractivity contribution in [3.8, 4) is 23.1 Å². The molecular formula is C26H33N3O2. The number of ether oxygens (including phenoxy) is 2. The van der Waals surface area contributed by atoms with E-state index in [1.54, 1.807) is 14.2 Å². The number of hydrogen-bond acceptors (Lipinski definition) is 4. The van der Waals surface area contributed by atoms with Gasteiger partial charge >= 0.3 is 0 Å². The van der Waals surface area contributed by atoms with Crippen LogP contribution in [0.15, 0.2) is 24.4 Å². The average Bonchev–Trinajstić information content (AvgIpc) is 3.06. The number of pyridine rings is 2. The molecule has 0 spiro atoms. The number of fused-ring (bicyclic) bond motifs is 1. The van der Waals surface area contributed by atoms with E-state index in [4.69, 9.17) is 19.4 Å². The standard InChI is InChI=1S/C26H33N3O2/c1-8-20(16-31-7)29-15-19(5)26-24(29)14-18(4)25(28-26)21-11-12-22(17(2)3)27-23(21)10-9-13-30-6/h11-12,14-15,17,20H,8,13,16H2,1-7H3/t20-/m1/s1. The van der Waals surface area contributed by atoms with E-state index >= 15 is 0 Å². The molecule has 1 atom stereocenters. The molecule has 0 bridgehead atoms. The lowest BCUT2D eigenvalue weighted by atomic mass is 10.0. The van der Waals surface area contributed by atoms with Gasteiger partial charge in [0, 0.05) is 31.7 Å². The highest BCUT2D eigenvalue weighted by atomic mass is 16.5. The van der Waals surface area contributed by atoms with Gasteiger partial charge in [0.15, 0.2) is 0 Å². The fourth-order valence-electron chi connectivity index (χ4n) is 3.86. The maximum absolute atomic E-state index is 5.45. The van der Waals surface area contributed by atoms with E-state index in [0.717, 1.165) is 51.2 Å². The van der Waals surface area contributed by atoms with Gasteiger partial charge in [-0.1, -0.05) is 26.7 Å². The molecule has 0 aliphatic carbocycles. The lowest BCUT2D eigenvalue weighted by Crippen LogP contribution is -2.13. The highest BCUT2D eigenvalue weighted by Gasteiger charge is 2.18. The minimum absolute atomic E-state index is 0.288. The van der Waals surface area contributed by atoms with Crippen LogP contribution in [0.25, 0.3) is 22.3 Å². The summed E-state index contributed by atoms with van der Waals surface area (Å²) in [4.78, 5) is 9.95. The van der Waals surface area contributed by atoms with Crippen molar-refractivity contribution < 1.29 is 9.47 Å². The van der Waals surface area contributed by atoms with Crippen LogP contribution in [0.1, 0.15) is 61.7 Å². The SMILES string of the molecule is CC[C@H](COC)n1cc(C)c2nc(-c3ccc(C(C)C)nc3C#CCOC)c(C)cc21. The zero-order chi connectivity index (χ0) is 22.5. The Morgan fingerprint density at radius 3 is 2.48 bits per heavy atom. The van der Waals surface area contributed by atoms with Gasteiger partial charge in [-0.05, 0) is 61.4 Å². The second-order valence-electron chi connectivity index (χ2n) is 8.28. The summed E-state index contributed by atoms with van der Waals surface area (Å²) in [5.74, 6) is 6.59. The van der Waals surface area contributed by atoms with Crippen LogP contribution in [0.3, 0.4) is 0 Å². The molecule has 0 fully saturated rings. The van der Waals surface area contributed by atoms with Crippen LogP contribution in [0.5, 0.6) is 0 Å². The first-order valence-electron chi connectivity index (χ1n) is 10.9. The van der Waals surface area contributed by atoms with Crippen LogP contribution in [0, 0.1) is 25.7 Å². The van der Waals surface area contributed by atoms with E-state index in [1.807, 2.05) is 0 Å². The zero-order valence-electron chi connectivity index (χ0n) is 19.7. The lowest BCUT2D eigenvalue weighted by molar-refractivity contribution is 0.155. The topological polar surface area (TPSA) is 49.2 Å². The molecule has 0 unspecified atom stereocenters. The molecule has 0 aliphatic heterocycles. The maximum atomic E-state index is 5.45. The van der Waals surface area contributed by atoms with Crippen LogP contribution in [-0.2, 0) is 9.47 Å². The monoisotopic (exact) mass is 419 g/mol. The third-order valence-electron chi connectivity index (χ3n) is 5.59. The molecule has 0 saturated carbocycles. The number of aryl methyl sites for hydroxylation is 2. The van der Waals surface area contributed by atoms with Crippen molar-refractivity contribution in [2.75, 3.05) is 27.4 Å². The van der Waals surface area contributed by atoms with E-state index in [9.17, 15) is 0 Å². The molecule has 0 radical (unpaired) electrons. The van der Waals surface area contributed by atoms with Gasteiger partial charge in [0.2, 0.25) is 0 Å². The summed E-state index contributed by atoms with van der Waals surface area (Å²) in [5, 5.41) is 0. The largest absolute Gasteiger partial charge is 0.383 e. The molecule has 5 heteroatoms.